The molecular weight excluding hydrogens is 244 g/mol. The molecule has 0 saturated heterocycles. The summed E-state index contributed by atoms with van der Waals surface area (Å²) in [6.07, 6.45) is 2.27. The zero-order chi connectivity index (χ0) is 13.5. The van der Waals surface area contributed by atoms with Crippen LogP contribution in [0.5, 0.6) is 5.75 Å². The molecule has 0 fully saturated rings. The predicted molar refractivity (Wildman–Crippen MR) is 79.5 cm³/mol. The number of hydrogen-bond acceptors (Lipinski definition) is 1. The van der Waals surface area contributed by atoms with Crippen molar-refractivity contribution in [2.24, 2.45) is 17.8 Å². The third-order valence-corrected chi connectivity index (χ3v) is 3.87. The van der Waals surface area contributed by atoms with Gasteiger partial charge in [0.1, 0.15) is 5.75 Å². The highest BCUT2D eigenvalue weighted by Crippen LogP contribution is 2.26. The van der Waals surface area contributed by atoms with E-state index >= 15 is 0 Å². The van der Waals surface area contributed by atoms with Crippen LogP contribution in [0.25, 0.3) is 0 Å². The van der Waals surface area contributed by atoms with Crippen LogP contribution in [-0.2, 0) is 6.42 Å². The molecule has 1 nitrogen and oxygen atoms in total. The number of hydrogen-bond donors (Lipinski definition) is 0. The number of rotatable bonds is 7. The van der Waals surface area contributed by atoms with E-state index in [1.165, 1.54) is 12.0 Å². The van der Waals surface area contributed by atoms with Gasteiger partial charge >= 0.3 is 0 Å². The van der Waals surface area contributed by atoms with Crippen molar-refractivity contribution in [3.63, 3.8) is 0 Å². The van der Waals surface area contributed by atoms with E-state index in [0.29, 0.717) is 11.8 Å². The molecule has 2 unspecified atom stereocenters. The minimum Gasteiger partial charge on any atom is -0.497 e. The molecule has 0 amide bonds. The van der Waals surface area contributed by atoms with Gasteiger partial charge in [0.15, 0.2) is 0 Å². The maximum Gasteiger partial charge on any atom is 0.119 e. The second kappa shape index (κ2) is 7.68. The van der Waals surface area contributed by atoms with Crippen LogP contribution in [-0.4, -0.2) is 13.0 Å². The van der Waals surface area contributed by atoms with Gasteiger partial charge < -0.3 is 4.74 Å². The Morgan fingerprint density at radius 1 is 1.22 bits per heavy atom. The highest BCUT2D eigenvalue weighted by Gasteiger charge is 2.18. The van der Waals surface area contributed by atoms with E-state index in [2.05, 4.69) is 32.9 Å². The fourth-order valence-corrected chi connectivity index (χ4v) is 2.86. The van der Waals surface area contributed by atoms with Crippen molar-refractivity contribution < 1.29 is 4.74 Å². The fourth-order valence-electron chi connectivity index (χ4n) is 2.45. The van der Waals surface area contributed by atoms with Crippen LogP contribution >= 0.6 is 11.6 Å². The average molecular weight is 269 g/mol. The van der Waals surface area contributed by atoms with E-state index in [0.717, 1.165) is 24.0 Å². The average Bonchev–Trinajstić information content (AvgIpc) is 2.35. The van der Waals surface area contributed by atoms with Gasteiger partial charge in [-0.25, -0.2) is 0 Å². The third-order valence-electron chi connectivity index (χ3n) is 3.48. The van der Waals surface area contributed by atoms with Gasteiger partial charge in [0, 0.05) is 5.88 Å². The molecule has 0 N–H and O–H groups in total. The molecule has 0 aliphatic rings. The highest BCUT2D eigenvalue weighted by molar-refractivity contribution is 6.18. The molecule has 102 valence electrons. The standard InChI is InChI=1S/C16H25ClO/c1-12(2)8-13(3)15(11-17)9-14-6-5-7-16(10-14)18-4/h5-7,10,12-13,15H,8-9,11H2,1-4H3. The SMILES string of the molecule is COc1cccc(CC(CCl)C(C)CC(C)C)c1. The second-order valence-corrected chi connectivity index (χ2v) is 5.89. The van der Waals surface area contributed by atoms with Crippen molar-refractivity contribution >= 4 is 11.6 Å². The van der Waals surface area contributed by atoms with E-state index in [1.54, 1.807) is 7.11 Å². The second-order valence-electron chi connectivity index (χ2n) is 5.58. The Morgan fingerprint density at radius 2 is 1.94 bits per heavy atom. The van der Waals surface area contributed by atoms with Crippen molar-refractivity contribution in [2.45, 2.75) is 33.6 Å². The minimum absolute atomic E-state index is 0.543. The first-order valence-corrected chi connectivity index (χ1v) is 7.29. The van der Waals surface area contributed by atoms with Crippen LogP contribution in [0, 0.1) is 17.8 Å². The molecule has 0 aliphatic carbocycles. The van der Waals surface area contributed by atoms with Gasteiger partial charge in [-0.3, -0.25) is 0 Å². The number of alkyl halides is 1. The molecule has 1 rings (SSSR count). The Labute approximate surface area is 116 Å². The van der Waals surface area contributed by atoms with E-state index in [4.69, 9.17) is 16.3 Å². The fraction of sp³-hybridized carbons (Fsp3) is 0.625. The van der Waals surface area contributed by atoms with E-state index in [1.807, 2.05) is 12.1 Å². The first kappa shape index (κ1) is 15.4. The molecule has 0 heterocycles. The zero-order valence-corrected chi connectivity index (χ0v) is 12.7. The topological polar surface area (TPSA) is 9.23 Å². The summed E-state index contributed by atoms with van der Waals surface area (Å²) in [5, 5.41) is 0. The first-order valence-electron chi connectivity index (χ1n) is 6.75. The zero-order valence-electron chi connectivity index (χ0n) is 11.9. The number of methoxy groups -OCH3 is 1. The lowest BCUT2D eigenvalue weighted by atomic mass is 9.84. The molecule has 0 bridgehead atoms. The highest BCUT2D eigenvalue weighted by atomic mass is 35.5. The molecule has 1 aromatic carbocycles. The van der Waals surface area contributed by atoms with E-state index in [9.17, 15) is 0 Å². The van der Waals surface area contributed by atoms with Crippen LogP contribution in [0.3, 0.4) is 0 Å². The van der Waals surface area contributed by atoms with Crippen molar-refractivity contribution in [2.75, 3.05) is 13.0 Å². The Morgan fingerprint density at radius 3 is 2.50 bits per heavy atom. The van der Waals surface area contributed by atoms with Crippen molar-refractivity contribution in [3.8, 4) is 5.75 Å². The lowest BCUT2D eigenvalue weighted by Gasteiger charge is -2.23. The third kappa shape index (κ3) is 4.89. The molecule has 18 heavy (non-hydrogen) atoms. The summed E-state index contributed by atoms with van der Waals surface area (Å²) in [6.45, 7) is 6.86. The number of ether oxygens (including phenoxy) is 1. The Kier molecular flexibility index (Phi) is 6.56. The van der Waals surface area contributed by atoms with E-state index < -0.39 is 0 Å². The van der Waals surface area contributed by atoms with Gasteiger partial charge in [0.25, 0.3) is 0 Å². The first-order chi connectivity index (χ1) is 8.56. The van der Waals surface area contributed by atoms with Gasteiger partial charge in [-0.05, 0) is 48.3 Å². The van der Waals surface area contributed by atoms with Crippen molar-refractivity contribution in [1.82, 2.24) is 0 Å². The predicted octanol–water partition coefficient (Wildman–Crippen LogP) is 4.77. The van der Waals surface area contributed by atoms with Crippen LogP contribution in [0.4, 0.5) is 0 Å². The maximum absolute atomic E-state index is 6.14. The van der Waals surface area contributed by atoms with Crippen molar-refractivity contribution in [3.05, 3.63) is 29.8 Å². The summed E-state index contributed by atoms with van der Waals surface area (Å²) in [7, 11) is 1.71. The quantitative estimate of drug-likeness (QED) is 0.647. The van der Waals surface area contributed by atoms with Crippen LogP contribution in [0.1, 0.15) is 32.8 Å². The molecule has 0 saturated carbocycles. The van der Waals surface area contributed by atoms with Crippen LogP contribution < -0.4 is 4.74 Å². The van der Waals surface area contributed by atoms with Gasteiger partial charge in [-0.1, -0.05) is 32.9 Å². The summed E-state index contributed by atoms with van der Waals surface area (Å²) < 4.78 is 5.26. The minimum atomic E-state index is 0.543. The van der Waals surface area contributed by atoms with Crippen LogP contribution in [0.2, 0.25) is 0 Å². The molecule has 2 heteroatoms. The summed E-state index contributed by atoms with van der Waals surface area (Å²) in [5.41, 5.74) is 1.32. The Bertz CT molecular complexity index is 349. The monoisotopic (exact) mass is 268 g/mol. The van der Waals surface area contributed by atoms with Gasteiger partial charge in [-0.2, -0.15) is 0 Å². The molecule has 0 aliphatic heterocycles. The maximum atomic E-state index is 6.14. The summed E-state index contributed by atoms with van der Waals surface area (Å²) in [5.74, 6) is 3.59. The summed E-state index contributed by atoms with van der Waals surface area (Å²) >= 11 is 6.14. The smallest absolute Gasteiger partial charge is 0.119 e. The van der Waals surface area contributed by atoms with Crippen LogP contribution in [0.15, 0.2) is 24.3 Å². The Hall–Kier alpha value is -0.690. The number of halogens is 1. The van der Waals surface area contributed by atoms with Gasteiger partial charge in [-0.15, -0.1) is 11.6 Å². The lowest BCUT2D eigenvalue weighted by Crippen LogP contribution is -2.18. The molecule has 0 radical (unpaired) electrons. The molecule has 0 spiro atoms. The molecule has 0 aromatic heterocycles. The summed E-state index contributed by atoms with van der Waals surface area (Å²) in [4.78, 5) is 0. The molecule has 1 aromatic rings. The van der Waals surface area contributed by atoms with Gasteiger partial charge in [0.2, 0.25) is 0 Å². The molecular formula is C16H25ClO. The van der Waals surface area contributed by atoms with Gasteiger partial charge in [0.05, 0.1) is 7.11 Å². The largest absolute Gasteiger partial charge is 0.497 e. The molecule has 2 atom stereocenters. The van der Waals surface area contributed by atoms with E-state index in [-0.39, 0.29) is 0 Å². The lowest BCUT2D eigenvalue weighted by molar-refractivity contribution is 0.325. The van der Waals surface area contributed by atoms with Crippen molar-refractivity contribution in [1.29, 1.82) is 0 Å². The number of benzene rings is 1. The normalized spacial score (nSPS) is 14.6. The summed E-state index contributed by atoms with van der Waals surface area (Å²) in [6, 6.07) is 8.30. The Balaban J connectivity index is 2.66.